The Balaban J connectivity index is 2.25. The van der Waals surface area contributed by atoms with Gasteiger partial charge in [-0.25, -0.2) is 8.42 Å². The van der Waals surface area contributed by atoms with Crippen LogP contribution < -0.4 is 4.74 Å². The van der Waals surface area contributed by atoms with Crippen LogP contribution in [0.3, 0.4) is 0 Å². The minimum atomic E-state index is -3.28. The molecule has 0 aromatic heterocycles. The van der Waals surface area contributed by atoms with E-state index in [0.29, 0.717) is 13.0 Å². The third-order valence-electron chi connectivity index (χ3n) is 3.74. The molecule has 1 aromatic rings. The van der Waals surface area contributed by atoms with E-state index in [4.69, 9.17) is 9.47 Å². The van der Waals surface area contributed by atoms with E-state index in [2.05, 4.69) is 0 Å². The number of fused-ring (bicyclic) bond motifs is 1. The fourth-order valence-corrected chi connectivity index (χ4v) is 4.18. The van der Waals surface area contributed by atoms with Crippen LogP contribution in [0.5, 0.6) is 5.75 Å². The summed E-state index contributed by atoms with van der Waals surface area (Å²) >= 11 is 0. The third kappa shape index (κ3) is 2.97. The van der Waals surface area contributed by atoms with Gasteiger partial charge in [0.1, 0.15) is 5.75 Å². The Labute approximate surface area is 120 Å². The number of nitrogens with zero attached hydrogens (tertiary/aromatic N) is 1. The molecule has 1 aliphatic rings. The molecule has 0 amide bonds. The summed E-state index contributed by atoms with van der Waals surface area (Å²) in [6, 6.07) is 5.68. The highest BCUT2D eigenvalue weighted by Gasteiger charge is 2.32. The summed E-state index contributed by atoms with van der Waals surface area (Å²) in [5, 5.41) is 0. The zero-order chi connectivity index (χ0) is 14.8. The monoisotopic (exact) mass is 299 g/mol. The molecule has 6 heteroatoms. The number of hydrogen-bond acceptors (Lipinski definition) is 4. The van der Waals surface area contributed by atoms with Crippen molar-refractivity contribution in [2.75, 3.05) is 33.1 Å². The van der Waals surface area contributed by atoms with Crippen molar-refractivity contribution in [1.29, 1.82) is 0 Å². The minimum absolute atomic E-state index is 0.0271. The maximum atomic E-state index is 12.3. The summed E-state index contributed by atoms with van der Waals surface area (Å²) in [6.07, 6.45) is 0.711. The maximum absolute atomic E-state index is 12.3. The molecule has 5 nitrogen and oxygen atoms in total. The van der Waals surface area contributed by atoms with E-state index in [0.717, 1.165) is 16.9 Å². The Bertz CT molecular complexity index is 571. The third-order valence-corrected chi connectivity index (χ3v) is 5.63. The van der Waals surface area contributed by atoms with Crippen LogP contribution in [0, 0.1) is 0 Å². The quantitative estimate of drug-likeness (QED) is 0.828. The summed E-state index contributed by atoms with van der Waals surface area (Å²) in [5.74, 6) is 0.839. The summed E-state index contributed by atoms with van der Waals surface area (Å²) in [4.78, 5) is 0. The van der Waals surface area contributed by atoms with Gasteiger partial charge in [0.25, 0.3) is 0 Å². The first-order chi connectivity index (χ1) is 9.49. The lowest BCUT2D eigenvalue weighted by Gasteiger charge is -2.34. The summed E-state index contributed by atoms with van der Waals surface area (Å²) in [6.45, 7) is 2.66. The van der Waals surface area contributed by atoms with Gasteiger partial charge in [-0.3, -0.25) is 0 Å². The van der Waals surface area contributed by atoms with E-state index in [1.54, 1.807) is 11.4 Å². The molecule has 1 aliphatic heterocycles. The normalized spacial score (nSPS) is 19.6. The molecule has 1 unspecified atom stereocenters. The van der Waals surface area contributed by atoms with E-state index in [1.165, 1.54) is 7.11 Å². The molecule has 0 radical (unpaired) electrons. The fraction of sp³-hybridized carbons (Fsp3) is 0.571. The van der Waals surface area contributed by atoms with Crippen LogP contribution in [0.1, 0.15) is 24.1 Å². The van der Waals surface area contributed by atoms with Crippen molar-refractivity contribution in [2.45, 2.75) is 19.4 Å². The van der Waals surface area contributed by atoms with Crippen molar-refractivity contribution in [3.05, 3.63) is 29.3 Å². The lowest BCUT2D eigenvalue weighted by atomic mass is 9.95. The van der Waals surface area contributed by atoms with Crippen LogP contribution in [0.15, 0.2) is 18.2 Å². The highest BCUT2D eigenvalue weighted by molar-refractivity contribution is 7.89. The van der Waals surface area contributed by atoms with Crippen LogP contribution in [-0.4, -0.2) is 45.8 Å². The van der Waals surface area contributed by atoms with Gasteiger partial charge < -0.3 is 9.47 Å². The number of sulfonamides is 1. The van der Waals surface area contributed by atoms with Gasteiger partial charge in [-0.05, 0) is 36.6 Å². The predicted molar refractivity (Wildman–Crippen MR) is 77.5 cm³/mol. The van der Waals surface area contributed by atoms with E-state index in [1.807, 2.05) is 25.1 Å². The highest BCUT2D eigenvalue weighted by atomic mass is 32.2. The first-order valence-corrected chi connectivity index (χ1v) is 8.26. The number of benzene rings is 1. The second-order valence-electron chi connectivity index (χ2n) is 4.91. The summed E-state index contributed by atoms with van der Waals surface area (Å²) in [7, 11) is -0.131. The highest BCUT2D eigenvalue weighted by Crippen LogP contribution is 2.33. The first-order valence-electron chi connectivity index (χ1n) is 6.65. The molecular weight excluding hydrogens is 278 g/mol. The maximum Gasteiger partial charge on any atom is 0.216 e. The van der Waals surface area contributed by atoms with Crippen molar-refractivity contribution in [3.63, 3.8) is 0 Å². The molecule has 0 spiro atoms. The molecule has 1 heterocycles. The Morgan fingerprint density at radius 3 is 2.75 bits per heavy atom. The fourth-order valence-electron chi connectivity index (χ4n) is 2.60. The van der Waals surface area contributed by atoms with Crippen molar-refractivity contribution in [1.82, 2.24) is 4.31 Å². The molecule has 0 aliphatic carbocycles. The Hall–Kier alpha value is -1.11. The Morgan fingerprint density at radius 2 is 2.10 bits per heavy atom. The van der Waals surface area contributed by atoms with Crippen LogP contribution >= 0.6 is 0 Å². The van der Waals surface area contributed by atoms with Crippen LogP contribution in [0.2, 0.25) is 0 Å². The van der Waals surface area contributed by atoms with Gasteiger partial charge in [0.05, 0.1) is 19.5 Å². The molecule has 0 saturated carbocycles. The number of hydrogen-bond donors (Lipinski definition) is 0. The van der Waals surface area contributed by atoms with Crippen LogP contribution in [0.4, 0.5) is 0 Å². The number of methoxy groups -OCH3 is 2. The standard InChI is InChI=1S/C14H21NO4S/c1-11-14-5-4-13(19-3)10-12(14)6-7-15(11)20(16,17)9-8-18-2/h4-5,10-11H,6-9H2,1-3H3. The van der Waals surface area contributed by atoms with Gasteiger partial charge in [-0.15, -0.1) is 0 Å². The summed E-state index contributed by atoms with van der Waals surface area (Å²) in [5.41, 5.74) is 2.22. The zero-order valence-corrected chi connectivity index (χ0v) is 12.9. The minimum Gasteiger partial charge on any atom is -0.497 e. The summed E-state index contributed by atoms with van der Waals surface area (Å²) < 4.78 is 36.3. The van der Waals surface area contributed by atoms with Crippen LogP contribution in [0.25, 0.3) is 0 Å². The van der Waals surface area contributed by atoms with E-state index in [-0.39, 0.29) is 18.4 Å². The van der Waals surface area contributed by atoms with Crippen LogP contribution in [-0.2, 0) is 21.2 Å². The van der Waals surface area contributed by atoms with Gasteiger partial charge in [-0.1, -0.05) is 6.07 Å². The number of ether oxygens (including phenoxy) is 2. The first kappa shape index (κ1) is 15.3. The second-order valence-corrected chi connectivity index (χ2v) is 6.95. The zero-order valence-electron chi connectivity index (χ0n) is 12.1. The van der Waals surface area contributed by atoms with Crippen molar-refractivity contribution in [3.8, 4) is 5.75 Å². The molecule has 1 aromatic carbocycles. The van der Waals surface area contributed by atoms with Gasteiger partial charge in [0.15, 0.2) is 0 Å². The van der Waals surface area contributed by atoms with Crippen molar-refractivity contribution in [2.24, 2.45) is 0 Å². The van der Waals surface area contributed by atoms with E-state index in [9.17, 15) is 8.42 Å². The second kappa shape index (κ2) is 6.11. The smallest absolute Gasteiger partial charge is 0.216 e. The number of rotatable bonds is 5. The average Bonchev–Trinajstić information content (AvgIpc) is 2.44. The molecule has 20 heavy (non-hydrogen) atoms. The molecule has 0 bridgehead atoms. The average molecular weight is 299 g/mol. The van der Waals surface area contributed by atoms with Gasteiger partial charge >= 0.3 is 0 Å². The SMILES string of the molecule is COCCS(=O)(=O)N1CCc2cc(OC)ccc2C1C. The van der Waals surface area contributed by atoms with Gasteiger partial charge in [0.2, 0.25) is 10.0 Å². The molecule has 0 N–H and O–H groups in total. The molecule has 1 atom stereocenters. The molecule has 0 saturated heterocycles. The van der Waals surface area contributed by atoms with E-state index >= 15 is 0 Å². The molecule has 112 valence electrons. The molecule has 0 fully saturated rings. The Kier molecular flexibility index (Phi) is 4.67. The largest absolute Gasteiger partial charge is 0.497 e. The topological polar surface area (TPSA) is 55.8 Å². The van der Waals surface area contributed by atoms with Crippen molar-refractivity contribution < 1.29 is 17.9 Å². The lowest BCUT2D eigenvalue weighted by molar-refractivity contribution is 0.214. The lowest BCUT2D eigenvalue weighted by Crippen LogP contribution is -2.40. The Morgan fingerprint density at radius 1 is 1.35 bits per heavy atom. The van der Waals surface area contributed by atoms with Crippen molar-refractivity contribution >= 4 is 10.0 Å². The molecular formula is C14H21NO4S. The van der Waals surface area contributed by atoms with Gasteiger partial charge in [0, 0.05) is 19.7 Å². The van der Waals surface area contributed by atoms with Gasteiger partial charge in [-0.2, -0.15) is 4.31 Å². The molecule has 2 rings (SSSR count). The van der Waals surface area contributed by atoms with E-state index < -0.39 is 10.0 Å². The predicted octanol–water partition coefficient (Wildman–Crippen LogP) is 1.59.